The average molecular weight is 651 g/mol. The molecular formula is C36H43ClN2O7. The van der Waals surface area contributed by atoms with Crippen LogP contribution in [0.5, 0.6) is 0 Å². The quantitative estimate of drug-likeness (QED) is 0.257. The molecule has 46 heavy (non-hydrogen) atoms. The second-order valence-corrected chi connectivity index (χ2v) is 12.8. The van der Waals surface area contributed by atoms with E-state index in [0.29, 0.717) is 24.4 Å². The Morgan fingerprint density at radius 1 is 0.978 bits per heavy atom. The molecule has 0 aliphatic carbocycles. The lowest BCUT2D eigenvalue weighted by Gasteiger charge is -2.45. The molecule has 5 atom stereocenters. The summed E-state index contributed by atoms with van der Waals surface area (Å²) in [5, 5.41) is 24.4. The van der Waals surface area contributed by atoms with Crippen LogP contribution in [0.3, 0.4) is 0 Å². The SMILES string of the molecule is CC(=O)O[C@@H](C)C(=O)NCc1ccc(C2O[C@H](CN3CCC(O)(c4ccc(Cl)cc4)CC3)[C@H](C)[C@H](c3ccc(CO)cc3)O2)cc1. The Bertz CT molecular complexity index is 1460. The maximum Gasteiger partial charge on any atom is 0.303 e. The van der Waals surface area contributed by atoms with Crippen molar-refractivity contribution < 1.29 is 34.0 Å². The maximum absolute atomic E-state index is 12.3. The fourth-order valence-electron chi connectivity index (χ4n) is 6.16. The molecule has 1 unspecified atom stereocenters. The molecule has 0 spiro atoms. The molecule has 0 radical (unpaired) electrons. The second-order valence-electron chi connectivity index (χ2n) is 12.4. The first-order valence-electron chi connectivity index (χ1n) is 15.8. The van der Waals surface area contributed by atoms with Crippen molar-refractivity contribution in [2.45, 2.75) is 77.0 Å². The number of hydrogen-bond donors (Lipinski definition) is 3. The highest BCUT2D eigenvalue weighted by Gasteiger charge is 2.41. The van der Waals surface area contributed by atoms with E-state index in [2.05, 4.69) is 17.1 Å². The average Bonchev–Trinajstić information content (AvgIpc) is 3.06. The summed E-state index contributed by atoms with van der Waals surface area (Å²) < 4.78 is 18.2. The van der Waals surface area contributed by atoms with Crippen LogP contribution in [0.1, 0.15) is 73.8 Å². The Hall–Kier alpha value is -3.31. The van der Waals surface area contributed by atoms with Gasteiger partial charge in [0.25, 0.3) is 5.91 Å². The van der Waals surface area contributed by atoms with E-state index in [1.54, 1.807) is 0 Å². The van der Waals surface area contributed by atoms with Gasteiger partial charge < -0.3 is 34.6 Å². The minimum Gasteiger partial charge on any atom is -0.453 e. The standard InChI is InChI=1S/C36H43ClN2O7/c1-23-32(21-39-18-16-36(43,17-19-39)30-12-14-31(37)15-13-30)45-35(46-33(23)28-8-6-27(22-40)7-9-28)29-10-4-26(5-11-29)20-38-34(42)24(2)44-25(3)41/h4-15,23-24,32-33,35,40,43H,16-22H2,1-3H3,(H,38,42)/t23-,24-,32+,33+,35?/m0/s1. The number of amides is 1. The number of aliphatic hydroxyl groups excluding tert-OH is 1. The van der Waals surface area contributed by atoms with Crippen molar-refractivity contribution in [2.75, 3.05) is 19.6 Å². The van der Waals surface area contributed by atoms with Gasteiger partial charge in [0.2, 0.25) is 0 Å². The number of rotatable bonds is 10. The van der Waals surface area contributed by atoms with Crippen molar-refractivity contribution in [1.82, 2.24) is 10.2 Å². The van der Waals surface area contributed by atoms with Crippen LogP contribution in [0.2, 0.25) is 5.02 Å². The highest BCUT2D eigenvalue weighted by atomic mass is 35.5. The van der Waals surface area contributed by atoms with Crippen molar-refractivity contribution in [3.63, 3.8) is 0 Å². The van der Waals surface area contributed by atoms with E-state index in [-0.39, 0.29) is 37.2 Å². The van der Waals surface area contributed by atoms with Gasteiger partial charge in [-0.25, -0.2) is 0 Å². The Balaban J connectivity index is 1.28. The summed E-state index contributed by atoms with van der Waals surface area (Å²) in [6.45, 7) is 7.35. The van der Waals surface area contributed by atoms with Crippen molar-refractivity contribution in [2.24, 2.45) is 5.92 Å². The van der Waals surface area contributed by atoms with E-state index < -0.39 is 24.0 Å². The predicted octanol–water partition coefficient (Wildman–Crippen LogP) is 5.18. The largest absolute Gasteiger partial charge is 0.453 e. The third kappa shape index (κ3) is 8.34. The smallest absolute Gasteiger partial charge is 0.303 e. The molecule has 0 saturated carbocycles. The van der Waals surface area contributed by atoms with Crippen LogP contribution < -0.4 is 5.32 Å². The van der Waals surface area contributed by atoms with Crippen LogP contribution in [0, 0.1) is 5.92 Å². The maximum atomic E-state index is 12.3. The van der Waals surface area contributed by atoms with E-state index in [1.807, 2.05) is 72.8 Å². The van der Waals surface area contributed by atoms with Gasteiger partial charge in [-0.1, -0.05) is 79.2 Å². The van der Waals surface area contributed by atoms with Crippen LogP contribution in [0.15, 0.2) is 72.8 Å². The van der Waals surface area contributed by atoms with E-state index in [0.717, 1.165) is 40.9 Å². The zero-order valence-electron chi connectivity index (χ0n) is 26.5. The van der Waals surface area contributed by atoms with Crippen molar-refractivity contribution in [3.8, 4) is 0 Å². The molecular weight excluding hydrogens is 608 g/mol. The molecule has 2 aliphatic heterocycles. The Labute approximate surface area is 275 Å². The first kappa shape index (κ1) is 34.0. The van der Waals surface area contributed by atoms with Crippen LogP contribution in [0.25, 0.3) is 0 Å². The number of aliphatic hydroxyl groups is 2. The number of halogens is 1. The number of carbonyl (C=O) groups is 2. The molecule has 246 valence electrons. The topological polar surface area (TPSA) is 118 Å². The lowest BCUT2D eigenvalue weighted by atomic mass is 9.84. The Kier molecular flexibility index (Phi) is 11.1. The summed E-state index contributed by atoms with van der Waals surface area (Å²) in [7, 11) is 0. The number of carbonyl (C=O) groups excluding carboxylic acids is 2. The lowest BCUT2D eigenvalue weighted by molar-refractivity contribution is -0.277. The summed E-state index contributed by atoms with van der Waals surface area (Å²) in [6.07, 6.45) is -0.654. The van der Waals surface area contributed by atoms with Crippen LogP contribution in [-0.4, -0.2) is 58.8 Å². The summed E-state index contributed by atoms with van der Waals surface area (Å²) in [6, 6.07) is 23.0. The van der Waals surface area contributed by atoms with Gasteiger partial charge in [0, 0.05) is 49.6 Å². The fourth-order valence-corrected chi connectivity index (χ4v) is 6.29. The van der Waals surface area contributed by atoms with Gasteiger partial charge in [-0.15, -0.1) is 0 Å². The third-order valence-electron chi connectivity index (χ3n) is 9.06. The first-order valence-corrected chi connectivity index (χ1v) is 16.2. The van der Waals surface area contributed by atoms with E-state index in [1.165, 1.54) is 13.8 Å². The molecule has 3 aromatic carbocycles. The molecule has 9 nitrogen and oxygen atoms in total. The third-order valence-corrected chi connectivity index (χ3v) is 9.31. The van der Waals surface area contributed by atoms with Crippen molar-refractivity contribution in [1.29, 1.82) is 0 Å². The van der Waals surface area contributed by atoms with Gasteiger partial charge in [0.1, 0.15) is 0 Å². The number of esters is 1. The molecule has 2 saturated heterocycles. The second kappa shape index (κ2) is 15.1. The number of piperidine rings is 1. The van der Waals surface area contributed by atoms with Gasteiger partial charge in [0.05, 0.1) is 24.4 Å². The van der Waals surface area contributed by atoms with E-state index >= 15 is 0 Å². The molecule has 2 fully saturated rings. The number of nitrogens with zero attached hydrogens (tertiary/aromatic N) is 1. The van der Waals surface area contributed by atoms with Crippen LogP contribution in [-0.2, 0) is 42.6 Å². The zero-order chi connectivity index (χ0) is 32.8. The molecule has 10 heteroatoms. The fraction of sp³-hybridized carbons (Fsp3) is 0.444. The number of nitrogens with one attached hydrogen (secondary N) is 1. The lowest BCUT2D eigenvalue weighted by Crippen LogP contribution is -2.49. The minimum atomic E-state index is -0.886. The predicted molar refractivity (Wildman–Crippen MR) is 174 cm³/mol. The summed E-state index contributed by atoms with van der Waals surface area (Å²) in [4.78, 5) is 25.8. The molecule has 3 N–H and O–H groups in total. The normalized spacial score (nSPS) is 23.8. The van der Waals surface area contributed by atoms with Gasteiger partial charge in [-0.05, 0) is 54.2 Å². The van der Waals surface area contributed by atoms with Crippen molar-refractivity contribution in [3.05, 3.63) is 106 Å². The number of likely N-dealkylation sites (tertiary alicyclic amines) is 1. The summed E-state index contributed by atoms with van der Waals surface area (Å²) in [5.41, 5.74) is 3.59. The molecule has 0 aromatic heterocycles. The Morgan fingerprint density at radius 2 is 1.59 bits per heavy atom. The number of benzene rings is 3. The van der Waals surface area contributed by atoms with Gasteiger partial charge in [-0.2, -0.15) is 0 Å². The number of hydrogen-bond acceptors (Lipinski definition) is 8. The van der Waals surface area contributed by atoms with Gasteiger partial charge >= 0.3 is 5.97 Å². The van der Waals surface area contributed by atoms with Gasteiger partial charge in [-0.3, -0.25) is 9.59 Å². The highest BCUT2D eigenvalue weighted by molar-refractivity contribution is 6.30. The minimum absolute atomic E-state index is 0.0253. The molecule has 3 aromatic rings. The molecule has 2 aliphatic rings. The van der Waals surface area contributed by atoms with Crippen LogP contribution >= 0.6 is 11.6 Å². The highest BCUT2D eigenvalue weighted by Crippen LogP contribution is 2.42. The van der Waals surface area contributed by atoms with Gasteiger partial charge in [0.15, 0.2) is 12.4 Å². The zero-order valence-corrected chi connectivity index (χ0v) is 27.3. The van der Waals surface area contributed by atoms with Crippen LogP contribution in [0.4, 0.5) is 0 Å². The van der Waals surface area contributed by atoms with E-state index in [9.17, 15) is 19.8 Å². The molecule has 0 bridgehead atoms. The summed E-state index contributed by atoms with van der Waals surface area (Å²) >= 11 is 6.07. The molecule has 5 rings (SSSR count). The number of ether oxygens (including phenoxy) is 3. The van der Waals surface area contributed by atoms with Crippen molar-refractivity contribution >= 4 is 23.5 Å². The van der Waals surface area contributed by atoms with E-state index in [4.69, 9.17) is 25.8 Å². The summed E-state index contributed by atoms with van der Waals surface area (Å²) in [5.74, 6) is -0.842. The first-order chi connectivity index (χ1) is 22.0. The molecule has 1 amide bonds. The Morgan fingerprint density at radius 3 is 2.20 bits per heavy atom. The molecule has 2 heterocycles. The monoisotopic (exact) mass is 650 g/mol.